The summed E-state index contributed by atoms with van der Waals surface area (Å²) in [6.45, 7) is 28.7. The van der Waals surface area contributed by atoms with Crippen molar-refractivity contribution in [2.75, 3.05) is 4.81 Å². The van der Waals surface area contributed by atoms with Crippen LogP contribution in [-0.4, -0.2) is 11.4 Å². The summed E-state index contributed by atoms with van der Waals surface area (Å²) in [6, 6.07) is 55.3. The normalized spacial score (nSPS) is 16.8. The molecule has 8 aromatic carbocycles. The van der Waals surface area contributed by atoms with Gasteiger partial charge in [-0.2, -0.15) is 0 Å². The lowest BCUT2D eigenvalue weighted by Gasteiger charge is -2.44. The first-order valence-corrected chi connectivity index (χ1v) is 25.1. The Kier molecular flexibility index (Phi) is 7.47. The number of benzene rings is 8. The molecule has 1 aromatic heterocycles. The minimum Gasteiger partial charge on any atom is -0.376 e. The van der Waals surface area contributed by atoms with E-state index in [1.54, 1.807) is 0 Å². The zero-order valence-corrected chi connectivity index (χ0v) is 41.8. The third-order valence-electron chi connectivity index (χ3n) is 17.6. The quantitative estimate of drug-likeness (QED) is 0.149. The molecule has 0 saturated heterocycles. The Hall–Kier alpha value is -6.58. The zero-order valence-electron chi connectivity index (χ0n) is 41.8. The molecule has 14 rings (SSSR count). The van der Waals surface area contributed by atoms with Gasteiger partial charge in [-0.25, -0.2) is 0 Å². The van der Waals surface area contributed by atoms with Crippen LogP contribution in [0.3, 0.4) is 0 Å². The van der Waals surface area contributed by atoms with Crippen molar-refractivity contribution < 1.29 is 0 Å². The van der Waals surface area contributed by atoms with Crippen molar-refractivity contribution in [3.05, 3.63) is 184 Å². The molecule has 0 spiro atoms. The highest BCUT2D eigenvalue weighted by Gasteiger charge is 2.52. The van der Waals surface area contributed by atoms with E-state index in [9.17, 15) is 0 Å². The largest absolute Gasteiger partial charge is 0.376 e. The zero-order chi connectivity index (χ0) is 46.9. The number of aromatic nitrogens is 1. The number of anilines is 2. The second kappa shape index (κ2) is 12.5. The van der Waals surface area contributed by atoms with Crippen LogP contribution in [0.5, 0.6) is 0 Å². The molecule has 9 aromatic rings. The van der Waals surface area contributed by atoms with Gasteiger partial charge in [-0.3, -0.25) is 0 Å². The molecular formula is C65H59BN2. The summed E-state index contributed by atoms with van der Waals surface area (Å²) in [5, 5.41) is 2.78. The highest BCUT2D eigenvalue weighted by atomic mass is 15.1. The van der Waals surface area contributed by atoms with Crippen LogP contribution >= 0.6 is 0 Å². The lowest BCUT2D eigenvalue weighted by Crippen LogP contribution is -2.61. The number of hydrogen-bond donors (Lipinski definition) is 0. The standard InChI is InChI=1S/C65H59BN2/c1-61(2,3)36-25-28-38(29-26-36)68-53-34-43-40-20-14-17-23-47(40)63(7,8)49(43)32-45(53)56-55-41-21-15-18-24-48(41)65(11,12)58(55)57-44-31-37(62(4,5)6)27-30-52(44)67-54-35-50-42(33-51(54)66(68)59(56)60(57)67)39-19-13-16-22-46(39)64(50,9)10/h13-35H,1-12H3. The van der Waals surface area contributed by atoms with Crippen molar-refractivity contribution in [1.29, 1.82) is 0 Å². The van der Waals surface area contributed by atoms with Gasteiger partial charge in [0.25, 0.3) is 0 Å². The maximum Gasteiger partial charge on any atom is 0.333 e. The van der Waals surface area contributed by atoms with Crippen molar-refractivity contribution in [2.24, 2.45) is 0 Å². The number of rotatable bonds is 1. The topological polar surface area (TPSA) is 8.17 Å². The van der Waals surface area contributed by atoms with Gasteiger partial charge in [-0.1, -0.05) is 180 Å². The summed E-state index contributed by atoms with van der Waals surface area (Å²) in [5.41, 5.74) is 30.9. The molecule has 0 saturated carbocycles. The van der Waals surface area contributed by atoms with E-state index in [1.807, 2.05) is 0 Å². The fourth-order valence-electron chi connectivity index (χ4n) is 14.1. The molecule has 3 heteroatoms. The SMILES string of the molecule is CC(C)(C)c1ccc(N2B3c4cc5c(cc4-n4c6ccc(C(C)(C)C)cc6c6c7c(c(c3c64)-c3cc4c(cc32)-c2ccccc2C4(C)C)-c2ccccc2C7(C)C)C(C)(C)c2ccccc2-5)cc1. The predicted molar refractivity (Wildman–Crippen MR) is 290 cm³/mol. The van der Waals surface area contributed by atoms with E-state index in [4.69, 9.17) is 0 Å². The van der Waals surface area contributed by atoms with E-state index in [2.05, 4.69) is 232 Å². The van der Waals surface area contributed by atoms with Gasteiger partial charge in [0.1, 0.15) is 0 Å². The molecule has 2 aliphatic heterocycles. The number of hydrogen-bond acceptors (Lipinski definition) is 1. The minimum atomic E-state index is -0.249. The van der Waals surface area contributed by atoms with E-state index >= 15 is 0 Å². The van der Waals surface area contributed by atoms with Crippen LogP contribution in [0.4, 0.5) is 11.4 Å². The van der Waals surface area contributed by atoms with Crippen molar-refractivity contribution in [1.82, 2.24) is 4.57 Å². The molecule has 0 atom stereocenters. The summed E-state index contributed by atoms with van der Waals surface area (Å²) in [7, 11) is 0. The van der Waals surface area contributed by atoms with E-state index in [1.165, 1.54) is 139 Å². The fourth-order valence-corrected chi connectivity index (χ4v) is 14.1. The summed E-state index contributed by atoms with van der Waals surface area (Å²) in [6.07, 6.45) is 0. The van der Waals surface area contributed by atoms with E-state index < -0.39 is 0 Å². The maximum atomic E-state index is 2.77. The third kappa shape index (κ3) is 4.81. The van der Waals surface area contributed by atoms with Gasteiger partial charge in [0.15, 0.2) is 0 Å². The highest BCUT2D eigenvalue weighted by Crippen LogP contribution is 2.61. The summed E-state index contributed by atoms with van der Waals surface area (Å²) in [4.78, 5) is 2.77. The molecule has 3 heterocycles. The monoisotopic (exact) mass is 878 g/mol. The van der Waals surface area contributed by atoms with Gasteiger partial charge in [-0.15, -0.1) is 0 Å². The van der Waals surface area contributed by atoms with Crippen LogP contribution in [0, 0.1) is 0 Å². The molecule has 332 valence electrons. The second-order valence-electron chi connectivity index (χ2n) is 24.5. The second-order valence-corrected chi connectivity index (χ2v) is 24.5. The third-order valence-corrected chi connectivity index (χ3v) is 17.6. The highest BCUT2D eigenvalue weighted by molar-refractivity contribution is 6.94. The molecular weight excluding hydrogens is 820 g/mol. The predicted octanol–water partition coefficient (Wildman–Crippen LogP) is 15.5. The van der Waals surface area contributed by atoms with Crippen LogP contribution in [0.15, 0.2) is 140 Å². The van der Waals surface area contributed by atoms with Gasteiger partial charge in [-0.05, 0) is 148 Å². The molecule has 0 amide bonds. The summed E-state index contributed by atoms with van der Waals surface area (Å²) < 4.78 is 2.74. The van der Waals surface area contributed by atoms with E-state index in [0.29, 0.717) is 0 Å². The first-order chi connectivity index (χ1) is 32.3. The molecule has 5 aliphatic rings. The first-order valence-electron chi connectivity index (χ1n) is 25.1. The van der Waals surface area contributed by atoms with Crippen molar-refractivity contribution in [3.63, 3.8) is 0 Å². The van der Waals surface area contributed by atoms with Gasteiger partial charge < -0.3 is 9.38 Å². The number of nitrogens with zero attached hydrogens (tertiary/aromatic N) is 2. The lowest BCUT2D eigenvalue weighted by atomic mass is 9.43. The van der Waals surface area contributed by atoms with Gasteiger partial charge in [0.2, 0.25) is 0 Å². The fraction of sp³-hybridized carbons (Fsp3) is 0.262. The molecule has 2 nitrogen and oxygen atoms in total. The Bertz CT molecular complexity index is 3780. The van der Waals surface area contributed by atoms with E-state index in [-0.39, 0.29) is 33.9 Å². The van der Waals surface area contributed by atoms with Crippen LogP contribution in [0.1, 0.15) is 128 Å². The Morgan fingerprint density at radius 2 is 0.985 bits per heavy atom. The molecule has 3 aliphatic carbocycles. The van der Waals surface area contributed by atoms with E-state index in [0.717, 1.165) is 0 Å². The first kappa shape index (κ1) is 40.5. The van der Waals surface area contributed by atoms with Crippen LogP contribution in [-0.2, 0) is 27.1 Å². The van der Waals surface area contributed by atoms with Crippen LogP contribution in [0.2, 0.25) is 0 Å². The molecule has 0 bridgehead atoms. The van der Waals surface area contributed by atoms with Crippen LogP contribution in [0.25, 0.3) is 72.0 Å². The minimum absolute atomic E-state index is 0.0184. The Balaban J connectivity index is 1.23. The maximum absolute atomic E-state index is 2.77. The molecule has 0 N–H and O–H groups in total. The molecule has 0 radical (unpaired) electrons. The summed E-state index contributed by atoms with van der Waals surface area (Å²) >= 11 is 0. The number of fused-ring (bicyclic) bond motifs is 19. The molecule has 68 heavy (non-hydrogen) atoms. The smallest absolute Gasteiger partial charge is 0.333 e. The van der Waals surface area contributed by atoms with Gasteiger partial charge >= 0.3 is 6.85 Å². The Morgan fingerprint density at radius 3 is 1.60 bits per heavy atom. The average Bonchev–Trinajstić information content (AvgIpc) is 3.93. The summed E-state index contributed by atoms with van der Waals surface area (Å²) in [5.74, 6) is 0. The van der Waals surface area contributed by atoms with Crippen molar-refractivity contribution >= 4 is 51.0 Å². The van der Waals surface area contributed by atoms with Gasteiger partial charge in [0, 0.05) is 49.6 Å². The van der Waals surface area contributed by atoms with Crippen molar-refractivity contribution in [2.45, 2.75) is 110 Å². The lowest BCUT2D eigenvalue weighted by molar-refractivity contribution is 0.590. The average molecular weight is 879 g/mol. The molecule has 0 fully saturated rings. The molecule has 0 unspecified atom stereocenters. The van der Waals surface area contributed by atoms with Crippen LogP contribution < -0.4 is 15.7 Å². The Labute approximate surface area is 402 Å². The van der Waals surface area contributed by atoms with Crippen molar-refractivity contribution in [3.8, 4) is 50.2 Å². The Morgan fingerprint density at radius 1 is 0.441 bits per heavy atom. The van der Waals surface area contributed by atoms with Gasteiger partial charge in [0.05, 0.1) is 11.0 Å².